The number of amides is 1. The molecule has 1 fully saturated rings. The van der Waals surface area contributed by atoms with Gasteiger partial charge in [-0.25, -0.2) is 8.78 Å². The first-order chi connectivity index (χ1) is 12.4. The van der Waals surface area contributed by atoms with Crippen LogP contribution in [0.5, 0.6) is 0 Å². The first kappa shape index (κ1) is 16.9. The molecule has 136 valence electrons. The van der Waals surface area contributed by atoms with Crippen LogP contribution in [0, 0.1) is 6.92 Å². The van der Waals surface area contributed by atoms with Gasteiger partial charge in [-0.15, -0.1) is 0 Å². The molecule has 0 aliphatic heterocycles. The highest BCUT2D eigenvalue weighted by Gasteiger charge is 2.46. The van der Waals surface area contributed by atoms with Crippen LogP contribution in [-0.4, -0.2) is 22.4 Å². The lowest BCUT2D eigenvalue weighted by molar-refractivity contribution is -0.0901. The molecule has 0 atom stereocenters. The minimum Gasteiger partial charge on any atom is -0.349 e. The van der Waals surface area contributed by atoms with Crippen molar-refractivity contribution < 1.29 is 13.6 Å². The van der Waals surface area contributed by atoms with Gasteiger partial charge in [-0.05, 0) is 55.0 Å². The maximum atomic E-state index is 13.0. The van der Waals surface area contributed by atoms with Crippen LogP contribution >= 0.6 is 0 Å². The molecule has 0 saturated heterocycles. The Balaban J connectivity index is 1.69. The van der Waals surface area contributed by atoms with Crippen LogP contribution < -0.4 is 10.9 Å². The normalized spacial score (nSPS) is 18.3. The molecule has 0 bridgehead atoms. The molecule has 1 N–H and O–H groups in total. The molecule has 0 unspecified atom stereocenters. The summed E-state index contributed by atoms with van der Waals surface area (Å²) in [6.07, 6.45) is 3.89. The largest absolute Gasteiger partial charge is 0.349 e. The predicted octanol–water partition coefficient (Wildman–Crippen LogP) is 3.16. The van der Waals surface area contributed by atoms with Gasteiger partial charge in [-0.1, -0.05) is 12.1 Å². The van der Waals surface area contributed by atoms with Gasteiger partial charge in [0.2, 0.25) is 0 Å². The molecule has 2 aromatic rings. The Kier molecular flexibility index (Phi) is 3.93. The maximum absolute atomic E-state index is 13.0. The number of hydrogen-bond acceptors (Lipinski definition) is 2. The minimum absolute atomic E-state index is 0.0262. The summed E-state index contributed by atoms with van der Waals surface area (Å²) in [6.45, 7) is 1.69. The van der Waals surface area contributed by atoms with E-state index >= 15 is 0 Å². The highest BCUT2D eigenvalue weighted by atomic mass is 19.3. The summed E-state index contributed by atoms with van der Waals surface area (Å²) in [4.78, 5) is 25.5. The molecule has 0 spiro atoms. The second-order valence-electron chi connectivity index (χ2n) is 7.25. The number of halogens is 2. The molecule has 1 heterocycles. The topological polar surface area (TPSA) is 51.1 Å². The van der Waals surface area contributed by atoms with Crippen LogP contribution in [0.3, 0.4) is 0 Å². The van der Waals surface area contributed by atoms with Crippen molar-refractivity contribution in [1.29, 1.82) is 0 Å². The van der Waals surface area contributed by atoms with Crippen LogP contribution in [0.4, 0.5) is 8.78 Å². The lowest BCUT2D eigenvalue weighted by atomic mass is 9.88. The van der Waals surface area contributed by atoms with Crippen LogP contribution in [0.15, 0.2) is 35.3 Å². The number of benzene rings is 1. The van der Waals surface area contributed by atoms with Crippen molar-refractivity contribution in [2.45, 2.75) is 51.0 Å². The molecule has 2 aliphatic carbocycles. The summed E-state index contributed by atoms with van der Waals surface area (Å²) in [7, 11) is 0. The lowest BCUT2D eigenvalue weighted by Gasteiger charge is -2.35. The van der Waals surface area contributed by atoms with E-state index in [9.17, 15) is 18.4 Å². The van der Waals surface area contributed by atoms with E-state index < -0.39 is 23.4 Å². The third-order valence-electron chi connectivity index (χ3n) is 5.33. The number of hydrogen-bond donors (Lipinski definition) is 1. The van der Waals surface area contributed by atoms with Gasteiger partial charge in [0, 0.05) is 25.1 Å². The number of nitrogens with zero attached hydrogens (tertiary/aromatic N) is 1. The second-order valence-corrected chi connectivity index (χ2v) is 7.25. The predicted molar refractivity (Wildman–Crippen MR) is 94.2 cm³/mol. The number of aryl methyl sites for hydroxylation is 2. The highest BCUT2D eigenvalue weighted by molar-refractivity contribution is 5.95. The SMILES string of the molecule is Cc1ccn(-c2cccc3c2CCC3)c(=O)c1C(=O)NC1CC(F)(F)C1. The summed E-state index contributed by atoms with van der Waals surface area (Å²) < 4.78 is 27.5. The van der Waals surface area contributed by atoms with Crippen molar-refractivity contribution in [2.75, 3.05) is 0 Å². The summed E-state index contributed by atoms with van der Waals surface area (Å²) in [6, 6.07) is 7.01. The van der Waals surface area contributed by atoms with E-state index in [1.807, 2.05) is 12.1 Å². The lowest BCUT2D eigenvalue weighted by Crippen LogP contribution is -2.51. The number of alkyl halides is 2. The number of nitrogens with one attached hydrogen (secondary N) is 1. The highest BCUT2D eigenvalue weighted by Crippen LogP contribution is 2.37. The third kappa shape index (κ3) is 2.83. The molecule has 0 radical (unpaired) electrons. The minimum atomic E-state index is -2.71. The van der Waals surface area contributed by atoms with Crippen molar-refractivity contribution in [2.24, 2.45) is 0 Å². The molecule has 26 heavy (non-hydrogen) atoms. The standard InChI is InChI=1S/C20H20F2N2O2/c1-12-8-9-24(16-7-3-5-13-4-2-6-15(13)16)19(26)17(12)18(25)23-14-10-20(21,22)11-14/h3,5,7-9,14H,2,4,6,10-11H2,1H3,(H,23,25). The fourth-order valence-corrected chi connectivity index (χ4v) is 3.94. The fraction of sp³-hybridized carbons (Fsp3) is 0.400. The molecule has 2 aliphatic rings. The van der Waals surface area contributed by atoms with E-state index in [1.54, 1.807) is 19.2 Å². The Morgan fingerprint density at radius 3 is 2.73 bits per heavy atom. The van der Waals surface area contributed by atoms with Crippen LogP contribution in [-0.2, 0) is 12.8 Å². The Hall–Kier alpha value is -2.50. The molecular weight excluding hydrogens is 338 g/mol. The van der Waals surface area contributed by atoms with E-state index in [4.69, 9.17) is 0 Å². The van der Waals surface area contributed by atoms with Gasteiger partial charge in [0.15, 0.2) is 0 Å². The van der Waals surface area contributed by atoms with Crippen molar-refractivity contribution >= 4 is 5.91 Å². The number of aromatic nitrogens is 1. The first-order valence-electron chi connectivity index (χ1n) is 8.88. The summed E-state index contributed by atoms with van der Waals surface area (Å²) in [5.74, 6) is -3.29. The second kappa shape index (κ2) is 6.04. The van der Waals surface area contributed by atoms with Gasteiger partial charge in [0.1, 0.15) is 5.56 Å². The van der Waals surface area contributed by atoms with E-state index in [-0.39, 0.29) is 18.4 Å². The third-order valence-corrected chi connectivity index (χ3v) is 5.33. The molecule has 1 aromatic heterocycles. The van der Waals surface area contributed by atoms with Crippen LogP contribution in [0.2, 0.25) is 0 Å². The molecule has 4 rings (SSSR count). The smallest absolute Gasteiger partial charge is 0.268 e. The van der Waals surface area contributed by atoms with Gasteiger partial charge in [0.05, 0.1) is 5.69 Å². The van der Waals surface area contributed by atoms with Crippen LogP contribution in [0.25, 0.3) is 5.69 Å². The molecule has 1 saturated carbocycles. The summed E-state index contributed by atoms with van der Waals surface area (Å²) in [5.41, 5.74) is 3.34. The molecular formula is C20H20F2N2O2. The van der Waals surface area contributed by atoms with Gasteiger partial charge >= 0.3 is 0 Å². The Bertz CT molecular complexity index is 941. The van der Waals surface area contributed by atoms with Crippen molar-refractivity contribution in [1.82, 2.24) is 9.88 Å². The monoisotopic (exact) mass is 358 g/mol. The number of fused-ring (bicyclic) bond motifs is 1. The Labute approximate surface area is 149 Å². The molecule has 1 aromatic carbocycles. The summed E-state index contributed by atoms with van der Waals surface area (Å²) in [5, 5.41) is 2.57. The molecule has 4 nitrogen and oxygen atoms in total. The quantitative estimate of drug-likeness (QED) is 0.916. The van der Waals surface area contributed by atoms with Gasteiger partial charge < -0.3 is 5.32 Å². The average Bonchev–Trinajstić information content (AvgIpc) is 3.02. The molecule has 1 amide bonds. The van der Waals surface area contributed by atoms with Crippen molar-refractivity contribution in [3.8, 4) is 5.69 Å². The number of rotatable bonds is 3. The molecule has 6 heteroatoms. The number of carbonyl (C=O) groups is 1. The van der Waals surface area contributed by atoms with E-state index in [1.165, 1.54) is 10.1 Å². The van der Waals surface area contributed by atoms with Crippen molar-refractivity contribution in [3.63, 3.8) is 0 Å². The van der Waals surface area contributed by atoms with Crippen molar-refractivity contribution in [3.05, 3.63) is 63.1 Å². The first-order valence-corrected chi connectivity index (χ1v) is 8.88. The van der Waals surface area contributed by atoms with E-state index in [0.717, 1.165) is 30.5 Å². The number of carbonyl (C=O) groups excluding carboxylic acids is 1. The fourth-order valence-electron chi connectivity index (χ4n) is 3.94. The van der Waals surface area contributed by atoms with Crippen LogP contribution in [0.1, 0.15) is 46.3 Å². The zero-order chi connectivity index (χ0) is 18.5. The van der Waals surface area contributed by atoms with E-state index in [0.29, 0.717) is 5.56 Å². The summed E-state index contributed by atoms with van der Waals surface area (Å²) >= 11 is 0. The van der Waals surface area contributed by atoms with E-state index in [2.05, 4.69) is 11.4 Å². The van der Waals surface area contributed by atoms with Gasteiger partial charge in [-0.3, -0.25) is 14.2 Å². The zero-order valence-corrected chi connectivity index (χ0v) is 14.5. The van der Waals surface area contributed by atoms with Gasteiger partial charge in [0.25, 0.3) is 17.4 Å². The Morgan fingerprint density at radius 1 is 1.23 bits per heavy atom. The van der Waals surface area contributed by atoms with Gasteiger partial charge in [-0.2, -0.15) is 0 Å². The average molecular weight is 358 g/mol. The maximum Gasteiger partial charge on any atom is 0.268 e. The Morgan fingerprint density at radius 2 is 2.00 bits per heavy atom. The number of pyridine rings is 1. The zero-order valence-electron chi connectivity index (χ0n) is 14.5.